The van der Waals surface area contributed by atoms with E-state index >= 15 is 0 Å². The number of hydrogen-bond acceptors (Lipinski definition) is 3. The Morgan fingerprint density at radius 1 is 1.10 bits per heavy atom. The van der Waals surface area contributed by atoms with E-state index in [1.165, 1.54) is 16.5 Å². The smallest absolute Gasteiger partial charge is 0.223 e. The first-order valence-corrected chi connectivity index (χ1v) is 10.9. The van der Waals surface area contributed by atoms with E-state index in [0.717, 1.165) is 38.0 Å². The molecule has 1 aliphatic rings. The van der Waals surface area contributed by atoms with Crippen LogP contribution in [0.4, 0.5) is 0 Å². The van der Waals surface area contributed by atoms with Crippen molar-refractivity contribution in [1.82, 2.24) is 20.1 Å². The number of aromatic nitrogens is 1. The minimum Gasteiger partial charge on any atom is -0.361 e. The van der Waals surface area contributed by atoms with Crippen molar-refractivity contribution in [2.24, 2.45) is 0 Å². The van der Waals surface area contributed by atoms with E-state index in [0.29, 0.717) is 13.0 Å². The van der Waals surface area contributed by atoms with Gasteiger partial charge in [0.05, 0.1) is 0 Å². The molecule has 0 saturated carbocycles. The third kappa shape index (κ3) is 4.27. The van der Waals surface area contributed by atoms with Crippen LogP contribution in [0.3, 0.4) is 0 Å². The fourth-order valence-corrected chi connectivity index (χ4v) is 4.66. The average Bonchev–Trinajstić information content (AvgIpc) is 3.25. The molecule has 2 aromatic carbocycles. The summed E-state index contributed by atoms with van der Waals surface area (Å²) in [6.07, 6.45) is 4.45. The van der Waals surface area contributed by atoms with Gasteiger partial charge in [-0.15, -0.1) is 0 Å². The topological polar surface area (TPSA) is 51.4 Å². The highest BCUT2D eigenvalue weighted by atomic mass is 16.2. The van der Waals surface area contributed by atoms with Crippen LogP contribution in [0.25, 0.3) is 10.9 Å². The molecule has 1 aromatic heterocycles. The monoisotopic (exact) mass is 404 g/mol. The first kappa shape index (κ1) is 20.6. The molecule has 0 radical (unpaired) electrons. The Morgan fingerprint density at radius 3 is 2.60 bits per heavy atom. The molecule has 1 saturated heterocycles. The number of fused-ring (bicyclic) bond motifs is 1. The van der Waals surface area contributed by atoms with Gasteiger partial charge in [-0.3, -0.25) is 9.69 Å². The Labute approximate surface area is 179 Å². The molecule has 2 heterocycles. The van der Waals surface area contributed by atoms with Crippen molar-refractivity contribution in [2.45, 2.75) is 31.3 Å². The summed E-state index contributed by atoms with van der Waals surface area (Å²) in [7, 11) is 4.30. The Bertz CT molecular complexity index is 971. The largest absolute Gasteiger partial charge is 0.361 e. The molecule has 158 valence electrons. The number of likely N-dealkylation sites (tertiary alicyclic amines) is 1. The van der Waals surface area contributed by atoms with Gasteiger partial charge < -0.3 is 15.2 Å². The zero-order valence-electron chi connectivity index (χ0n) is 18.0. The molecule has 1 amide bonds. The van der Waals surface area contributed by atoms with Crippen molar-refractivity contribution in [2.75, 3.05) is 33.7 Å². The second-order valence-corrected chi connectivity index (χ2v) is 8.50. The summed E-state index contributed by atoms with van der Waals surface area (Å²) in [5, 5.41) is 4.64. The minimum absolute atomic E-state index is 0.0206. The molecular weight excluding hydrogens is 372 g/mol. The summed E-state index contributed by atoms with van der Waals surface area (Å²) in [6, 6.07) is 19.2. The van der Waals surface area contributed by atoms with Crippen LogP contribution < -0.4 is 5.32 Å². The lowest BCUT2D eigenvalue weighted by Crippen LogP contribution is -2.52. The van der Waals surface area contributed by atoms with Crippen LogP contribution in [-0.2, 0) is 16.9 Å². The minimum atomic E-state index is 0.0206. The molecule has 5 nitrogen and oxygen atoms in total. The number of hydrogen-bond donors (Lipinski definition) is 2. The first-order valence-electron chi connectivity index (χ1n) is 10.9. The number of aromatic amines is 1. The predicted octanol–water partition coefficient (Wildman–Crippen LogP) is 3.73. The summed E-state index contributed by atoms with van der Waals surface area (Å²) >= 11 is 0. The molecular formula is C25H32N4O. The molecule has 5 heteroatoms. The number of carbonyl (C=O) groups is 1. The van der Waals surface area contributed by atoms with Gasteiger partial charge in [-0.05, 0) is 55.6 Å². The van der Waals surface area contributed by atoms with E-state index < -0.39 is 0 Å². The van der Waals surface area contributed by atoms with Gasteiger partial charge in [0.25, 0.3) is 0 Å². The van der Waals surface area contributed by atoms with Gasteiger partial charge >= 0.3 is 0 Å². The van der Waals surface area contributed by atoms with Crippen LogP contribution in [-0.4, -0.2) is 54.4 Å². The quantitative estimate of drug-likeness (QED) is 0.590. The Balaban J connectivity index is 1.26. The number of nitrogens with zero attached hydrogens (tertiary/aromatic N) is 2. The fourth-order valence-electron chi connectivity index (χ4n) is 4.66. The van der Waals surface area contributed by atoms with Gasteiger partial charge in [0.15, 0.2) is 0 Å². The van der Waals surface area contributed by atoms with E-state index in [1.807, 2.05) is 11.1 Å². The molecule has 0 spiro atoms. The van der Waals surface area contributed by atoms with Gasteiger partial charge in [-0.1, -0.05) is 42.5 Å². The number of carbonyl (C=O) groups excluding carboxylic acids is 1. The number of nitrogens with one attached hydrogen (secondary N) is 2. The van der Waals surface area contributed by atoms with Crippen LogP contribution >= 0.6 is 0 Å². The van der Waals surface area contributed by atoms with Gasteiger partial charge in [-0.2, -0.15) is 0 Å². The van der Waals surface area contributed by atoms with E-state index in [9.17, 15) is 4.79 Å². The molecule has 4 rings (SSSR count). The molecule has 0 unspecified atom stereocenters. The zero-order valence-corrected chi connectivity index (χ0v) is 18.0. The number of amides is 1. The lowest BCUT2D eigenvalue weighted by atomic mass is 9.79. The number of H-pyrrole nitrogens is 1. The molecule has 3 aromatic rings. The maximum atomic E-state index is 12.7. The van der Waals surface area contributed by atoms with Crippen molar-refractivity contribution >= 4 is 16.8 Å². The maximum Gasteiger partial charge on any atom is 0.223 e. The van der Waals surface area contributed by atoms with Crippen LogP contribution in [0.2, 0.25) is 0 Å². The second kappa shape index (κ2) is 9.02. The SMILES string of the molecule is CN(C)C1(c2ccccc2)CCN(C(=O)CCNCc2ccc3cc[nH]c3c2)CC1. The normalized spacial score (nSPS) is 16.3. The van der Waals surface area contributed by atoms with Crippen molar-refractivity contribution in [3.8, 4) is 0 Å². The molecule has 1 fully saturated rings. The maximum absolute atomic E-state index is 12.7. The molecule has 0 atom stereocenters. The Morgan fingerprint density at radius 2 is 1.87 bits per heavy atom. The third-order valence-corrected chi connectivity index (χ3v) is 6.57. The lowest BCUT2D eigenvalue weighted by molar-refractivity contribution is -0.133. The van der Waals surface area contributed by atoms with E-state index in [-0.39, 0.29) is 11.4 Å². The van der Waals surface area contributed by atoms with Gasteiger partial charge in [0.1, 0.15) is 0 Å². The van der Waals surface area contributed by atoms with Gasteiger partial charge in [-0.25, -0.2) is 0 Å². The number of rotatable bonds is 7. The summed E-state index contributed by atoms with van der Waals surface area (Å²) in [6.45, 7) is 3.11. The van der Waals surface area contributed by atoms with Crippen molar-refractivity contribution in [1.29, 1.82) is 0 Å². The molecule has 0 bridgehead atoms. The van der Waals surface area contributed by atoms with Gasteiger partial charge in [0, 0.05) is 49.9 Å². The third-order valence-electron chi connectivity index (χ3n) is 6.57. The van der Waals surface area contributed by atoms with Crippen molar-refractivity contribution < 1.29 is 4.79 Å². The summed E-state index contributed by atoms with van der Waals surface area (Å²) < 4.78 is 0. The van der Waals surface area contributed by atoms with Crippen LogP contribution in [0.5, 0.6) is 0 Å². The van der Waals surface area contributed by atoms with Gasteiger partial charge in [0.2, 0.25) is 5.91 Å². The number of benzene rings is 2. The van der Waals surface area contributed by atoms with Crippen molar-refractivity contribution in [3.63, 3.8) is 0 Å². The lowest BCUT2D eigenvalue weighted by Gasteiger charge is -2.46. The van der Waals surface area contributed by atoms with Crippen LogP contribution in [0.1, 0.15) is 30.4 Å². The highest BCUT2D eigenvalue weighted by molar-refractivity contribution is 5.79. The molecule has 1 aliphatic heterocycles. The molecule has 30 heavy (non-hydrogen) atoms. The first-order chi connectivity index (χ1) is 14.6. The highest BCUT2D eigenvalue weighted by Gasteiger charge is 2.38. The highest BCUT2D eigenvalue weighted by Crippen LogP contribution is 2.37. The molecule has 2 N–H and O–H groups in total. The summed E-state index contributed by atoms with van der Waals surface area (Å²) in [4.78, 5) is 20.3. The average molecular weight is 405 g/mol. The standard InChI is InChI=1S/C25H32N4O/c1-28(2)25(22-6-4-3-5-7-22)12-16-29(17-13-25)24(30)11-14-26-19-20-8-9-21-10-15-27-23(21)18-20/h3-10,15,18,26-27H,11-14,16-17,19H2,1-2H3. The predicted molar refractivity (Wildman–Crippen MR) is 122 cm³/mol. The summed E-state index contributed by atoms with van der Waals surface area (Å²) in [5.41, 5.74) is 3.76. The van der Waals surface area contributed by atoms with Crippen LogP contribution in [0, 0.1) is 0 Å². The Kier molecular flexibility index (Phi) is 6.21. The fraction of sp³-hybridized carbons (Fsp3) is 0.400. The van der Waals surface area contributed by atoms with E-state index in [2.05, 4.69) is 83.9 Å². The Hall–Kier alpha value is -2.63. The van der Waals surface area contributed by atoms with E-state index in [4.69, 9.17) is 0 Å². The van der Waals surface area contributed by atoms with Crippen molar-refractivity contribution in [3.05, 3.63) is 71.9 Å². The van der Waals surface area contributed by atoms with E-state index in [1.54, 1.807) is 0 Å². The summed E-state index contributed by atoms with van der Waals surface area (Å²) in [5.74, 6) is 0.253. The molecule has 0 aliphatic carbocycles. The second-order valence-electron chi connectivity index (χ2n) is 8.50. The zero-order chi connectivity index (χ0) is 21.0. The number of piperidine rings is 1. The van der Waals surface area contributed by atoms with Crippen LogP contribution in [0.15, 0.2) is 60.8 Å².